The first-order valence-electron chi connectivity index (χ1n) is 5.05. The number of rotatable bonds is 4. The lowest BCUT2D eigenvalue weighted by Gasteiger charge is -2.04. The number of benzene rings is 1. The summed E-state index contributed by atoms with van der Waals surface area (Å²) in [6.45, 7) is 1.68. The van der Waals surface area contributed by atoms with Gasteiger partial charge in [-0.25, -0.2) is 0 Å². The topological polar surface area (TPSA) is 82.3 Å². The molecule has 0 unspecified atom stereocenters. The largest absolute Gasteiger partial charge is 0.431 e. The van der Waals surface area contributed by atoms with Crippen molar-refractivity contribution in [3.8, 4) is 10.9 Å². The second-order valence-corrected chi connectivity index (χ2v) is 4.91. The normalized spacial score (nSPS) is 10.2. The molecule has 0 atom stereocenters. The molecule has 1 aromatic carbocycles. The number of thiazole rings is 1. The van der Waals surface area contributed by atoms with Crippen LogP contribution in [0.15, 0.2) is 18.2 Å². The molecule has 0 saturated carbocycles. The quantitative estimate of drug-likeness (QED) is 0.489. The van der Waals surface area contributed by atoms with Crippen LogP contribution in [0, 0.1) is 17.0 Å². The molecule has 0 bridgehead atoms. The van der Waals surface area contributed by atoms with Crippen LogP contribution < -0.4 is 4.74 Å². The van der Waals surface area contributed by atoms with E-state index in [-0.39, 0.29) is 20.9 Å². The molecule has 0 aliphatic rings. The number of carbonyl (C=O) groups excluding carboxylic acids is 1. The van der Waals surface area contributed by atoms with E-state index in [1.54, 1.807) is 6.92 Å². The molecule has 0 spiro atoms. The average molecular weight is 299 g/mol. The third-order valence-corrected chi connectivity index (χ3v) is 3.52. The van der Waals surface area contributed by atoms with Gasteiger partial charge in [-0.2, -0.15) is 4.98 Å². The van der Waals surface area contributed by atoms with Crippen molar-refractivity contribution in [1.29, 1.82) is 0 Å². The summed E-state index contributed by atoms with van der Waals surface area (Å²) in [4.78, 5) is 24.9. The Morgan fingerprint density at radius 1 is 1.53 bits per heavy atom. The van der Waals surface area contributed by atoms with Crippen molar-refractivity contribution >= 4 is 34.9 Å². The highest BCUT2D eigenvalue weighted by molar-refractivity contribution is 7.15. The van der Waals surface area contributed by atoms with E-state index in [0.717, 1.165) is 11.3 Å². The average Bonchev–Trinajstić information content (AvgIpc) is 2.72. The number of ether oxygens (including phenoxy) is 1. The van der Waals surface area contributed by atoms with Crippen molar-refractivity contribution in [3.05, 3.63) is 43.9 Å². The monoisotopic (exact) mass is 298 g/mol. The number of nitrogens with zero attached hydrogens (tertiary/aromatic N) is 2. The molecule has 2 aromatic rings. The Bertz CT molecular complexity index is 656. The summed E-state index contributed by atoms with van der Waals surface area (Å²) in [5.74, 6) is 0.425. The summed E-state index contributed by atoms with van der Waals surface area (Å²) in [6.07, 6.45) is 0.593. The van der Waals surface area contributed by atoms with Gasteiger partial charge in [0.2, 0.25) is 0 Å². The number of halogens is 1. The van der Waals surface area contributed by atoms with E-state index in [9.17, 15) is 14.9 Å². The van der Waals surface area contributed by atoms with Crippen LogP contribution in [0.3, 0.4) is 0 Å². The third kappa shape index (κ3) is 2.88. The number of nitro benzene ring substituents is 1. The van der Waals surface area contributed by atoms with E-state index in [1.807, 2.05) is 0 Å². The number of carbonyl (C=O) groups is 1. The molecule has 98 valence electrons. The van der Waals surface area contributed by atoms with E-state index in [1.165, 1.54) is 18.2 Å². The van der Waals surface area contributed by atoms with Gasteiger partial charge in [0, 0.05) is 12.1 Å². The first-order chi connectivity index (χ1) is 9.01. The predicted molar refractivity (Wildman–Crippen MR) is 70.4 cm³/mol. The Morgan fingerprint density at radius 2 is 2.26 bits per heavy atom. The van der Waals surface area contributed by atoms with Gasteiger partial charge >= 0.3 is 0 Å². The summed E-state index contributed by atoms with van der Waals surface area (Å²) in [5.41, 5.74) is 0.573. The number of hydrogen-bond donors (Lipinski definition) is 0. The van der Waals surface area contributed by atoms with E-state index in [2.05, 4.69) is 4.98 Å². The standard InChI is InChI=1S/C11H7ClN2O4S/c1-6-4-7(14(16)17)2-3-8(6)18-11-13-10(12)9(5-15)19-11/h2-5H,1H3. The van der Waals surface area contributed by atoms with Gasteiger partial charge in [0.05, 0.1) is 4.92 Å². The Hall–Kier alpha value is -1.99. The minimum atomic E-state index is -0.485. The maximum absolute atomic E-state index is 10.6. The molecule has 1 heterocycles. The molecule has 6 nitrogen and oxygen atoms in total. The van der Waals surface area contributed by atoms with Gasteiger partial charge in [0.1, 0.15) is 10.6 Å². The first kappa shape index (κ1) is 13.4. The second-order valence-electron chi connectivity index (χ2n) is 3.56. The van der Waals surface area contributed by atoms with Gasteiger partial charge in [-0.1, -0.05) is 22.9 Å². The van der Waals surface area contributed by atoms with E-state index >= 15 is 0 Å². The molecule has 0 saturated heterocycles. The molecule has 0 fully saturated rings. The molecule has 19 heavy (non-hydrogen) atoms. The van der Waals surface area contributed by atoms with Crippen molar-refractivity contribution in [3.63, 3.8) is 0 Å². The molecule has 0 N–H and O–H groups in total. The van der Waals surface area contributed by atoms with E-state index < -0.39 is 4.92 Å². The minimum Gasteiger partial charge on any atom is -0.431 e. The summed E-state index contributed by atoms with van der Waals surface area (Å²) >= 11 is 6.72. The van der Waals surface area contributed by atoms with Crippen LogP contribution in [0.2, 0.25) is 5.15 Å². The summed E-state index contributed by atoms with van der Waals surface area (Å²) < 4.78 is 5.45. The Balaban J connectivity index is 2.27. The highest BCUT2D eigenvalue weighted by Gasteiger charge is 2.13. The third-order valence-electron chi connectivity index (χ3n) is 2.26. The van der Waals surface area contributed by atoms with Crippen LogP contribution in [0.25, 0.3) is 0 Å². The Kier molecular flexibility index (Phi) is 3.77. The smallest absolute Gasteiger partial charge is 0.280 e. The number of aromatic nitrogens is 1. The van der Waals surface area contributed by atoms with Crippen molar-refractivity contribution in [2.75, 3.05) is 0 Å². The van der Waals surface area contributed by atoms with Crippen molar-refractivity contribution in [2.24, 2.45) is 0 Å². The van der Waals surface area contributed by atoms with E-state index in [0.29, 0.717) is 17.6 Å². The van der Waals surface area contributed by atoms with Crippen molar-refractivity contribution in [2.45, 2.75) is 6.92 Å². The highest BCUT2D eigenvalue weighted by Crippen LogP contribution is 2.33. The number of nitro groups is 1. The van der Waals surface area contributed by atoms with Crippen LogP contribution in [0.4, 0.5) is 5.69 Å². The number of non-ortho nitro benzene ring substituents is 1. The first-order valence-corrected chi connectivity index (χ1v) is 6.25. The van der Waals surface area contributed by atoms with Crippen LogP contribution in [0.5, 0.6) is 10.9 Å². The molecule has 1 aromatic heterocycles. The molecule has 0 aliphatic heterocycles. The summed E-state index contributed by atoms with van der Waals surface area (Å²) in [6, 6.07) is 4.20. The van der Waals surface area contributed by atoms with Crippen molar-refractivity contribution in [1.82, 2.24) is 4.98 Å². The van der Waals surface area contributed by atoms with Crippen LogP contribution in [-0.4, -0.2) is 16.2 Å². The van der Waals surface area contributed by atoms with Crippen LogP contribution in [-0.2, 0) is 0 Å². The highest BCUT2D eigenvalue weighted by atomic mass is 35.5. The van der Waals surface area contributed by atoms with Crippen LogP contribution in [0.1, 0.15) is 15.2 Å². The lowest BCUT2D eigenvalue weighted by molar-refractivity contribution is -0.384. The van der Waals surface area contributed by atoms with Gasteiger partial charge in [-0.05, 0) is 18.6 Å². The van der Waals surface area contributed by atoms with Gasteiger partial charge in [0.25, 0.3) is 10.9 Å². The Labute approximate surface area is 116 Å². The maximum atomic E-state index is 10.6. The predicted octanol–water partition coefficient (Wildman–Crippen LogP) is 3.62. The minimum absolute atomic E-state index is 0.0180. The fraction of sp³-hybridized carbons (Fsp3) is 0.0909. The van der Waals surface area contributed by atoms with Gasteiger partial charge in [-0.15, -0.1) is 0 Å². The van der Waals surface area contributed by atoms with Gasteiger partial charge in [0.15, 0.2) is 11.4 Å². The van der Waals surface area contributed by atoms with E-state index in [4.69, 9.17) is 16.3 Å². The lowest BCUT2D eigenvalue weighted by Crippen LogP contribution is -1.91. The fourth-order valence-corrected chi connectivity index (χ4v) is 2.29. The zero-order chi connectivity index (χ0) is 14.0. The molecule has 0 amide bonds. The molecular formula is C11H7ClN2O4S. The van der Waals surface area contributed by atoms with Crippen LogP contribution >= 0.6 is 22.9 Å². The zero-order valence-corrected chi connectivity index (χ0v) is 11.2. The Morgan fingerprint density at radius 3 is 2.79 bits per heavy atom. The molecule has 8 heteroatoms. The molecule has 0 aliphatic carbocycles. The molecule has 2 rings (SSSR count). The maximum Gasteiger partial charge on any atom is 0.280 e. The SMILES string of the molecule is Cc1cc([N+](=O)[O-])ccc1Oc1nc(Cl)c(C=O)s1. The molecule has 0 radical (unpaired) electrons. The summed E-state index contributed by atoms with van der Waals surface area (Å²) in [5, 5.41) is 10.9. The lowest BCUT2D eigenvalue weighted by atomic mass is 10.2. The van der Waals surface area contributed by atoms with Gasteiger partial charge in [-0.3, -0.25) is 14.9 Å². The number of aldehydes is 1. The second kappa shape index (κ2) is 5.33. The van der Waals surface area contributed by atoms with Crippen molar-refractivity contribution < 1.29 is 14.5 Å². The molecular weight excluding hydrogens is 292 g/mol. The fourth-order valence-electron chi connectivity index (χ4n) is 1.37. The summed E-state index contributed by atoms with van der Waals surface area (Å²) in [7, 11) is 0. The zero-order valence-electron chi connectivity index (χ0n) is 9.62. The number of hydrogen-bond acceptors (Lipinski definition) is 6. The number of aryl methyl sites for hydroxylation is 1. The van der Waals surface area contributed by atoms with Gasteiger partial charge < -0.3 is 4.74 Å².